The Hall–Kier alpha value is -2.49. The maximum atomic E-state index is 12.5. The van der Waals surface area contributed by atoms with Gasteiger partial charge in [-0.3, -0.25) is 4.79 Å². The highest BCUT2D eigenvalue weighted by Gasteiger charge is 2.28. The van der Waals surface area contributed by atoms with E-state index in [1.54, 1.807) is 0 Å². The molecule has 4 heteroatoms. The van der Waals surface area contributed by atoms with Crippen molar-refractivity contribution in [1.29, 1.82) is 0 Å². The van der Waals surface area contributed by atoms with Crippen LogP contribution >= 0.6 is 0 Å². The number of fused-ring (bicyclic) bond motifs is 1. The van der Waals surface area contributed by atoms with E-state index in [1.165, 1.54) is 31.4 Å². The van der Waals surface area contributed by atoms with Crippen LogP contribution in [-0.4, -0.2) is 25.1 Å². The van der Waals surface area contributed by atoms with Gasteiger partial charge in [0.1, 0.15) is 5.75 Å². The van der Waals surface area contributed by atoms with Crippen LogP contribution in [0.4, 0.5) is 11.4 Å². The van der Waals surface area contributed by atoms with Crippen LogP contribution in [0.3, 0.4) is 0 Å². The van der Waals surface area contributed by atoms with Gasteiger partial charge in [0.25, 0.3) is 5.91 Å². The van der Waals surface area contributed by atoms with Crippen LogP contribution in [-0.2, 0) is 11.2 Å². The molecule has 0 unspecified atom stereocenters. The van der Waals surface area contributed by atoms with Crippen LogP contribution in [0.25, 0.3) is 0 Å². The Balaban J connectivity index is 1.37. The van der Waals surface area contributed by atoms with Gasteiger partial charge >= 0.3 is 0 Å². The summed E-state index contributed by atoms with van der Waals surface area (Å²) in [5, 5.41) is 2.98. The zero-order valence-electron chi connectivity index (χ0n) is 14.4. The standard InChI is InChI=1S/C21H24N2O2/c24-21(20-15-16-7-3-4-8-19(16)25-20)22-17-9-11-18(12-10-17)23-13-5-1-2-6-14-23/h3-4,7-12,20H,1-2,5-6,13-15H2,(H,22,24)/t20-/m0/s1. The predicted molar refractivity (Wildman–Crippen MR) is 100 cm³/mol. The molecule has 2 aromatic rings. The van der Waals surface area contributed by atoms with Gasteiger partial charge < -0.3 is 15.0 Å². The van der Waals surface area contributed by atoms with Crippen molar-refractivity contribution in [3.05, 3.63) is 54.1 Å². The van der Waals surface area contributed by atoms with Crippen LogP contribution in [0.2, 0.25) is 0 Å². The molecule has 2 heterocycles. The topological polar surface area (TPSA) is 41.6 Å². The summed E-state index contributed by atoms with van der Waals surface area (Å²) in [6.45, 7) is 2.25. The molecule has 130 valence electrons. The van der Waals surface area contributed by atoms with Crippen molar-refractivity contribution in [3.63, 3.8) is 0 Å². The van der Waals surface area contributed by atoms with Gasteiger partial charge in [-0.15, -0.1) is 0 Å². The van der Waals surface area contributed by atoms with E-state index < -0.39 is 6.10 Å². The third-order valence-corrected chi connectivity index (χ3v) is 5.05. The van der Waals surface area contributed by atoms with Crippen LogP contribution in [0.1, 0.15) is 31.2 Å². The summed E-state index contributed by atoms with van der Waals surface area (Å²) in [5.41, 5.74) is 3.16. The first kappa shape index (κ1) is 16.0. The normalized spacial score (nSPS) is 19.7. The zero-order chi connectivity index (χ0) is 17.1. The largest absolute Gasteiger partial charge is 0.480 e. The van der Waals surface area contributed by atoms with Gasteiger partial charge in [0.05, 0.1) is 0 Å². The molecule has 2 aliphatic rings. The second kappa shape index (κ2) is 7.18. The fourth-order valence-electron chi connectivity index (χ4n) is 3.64. The minimum Gasteiger partial charge on any atom is -0.480 e. The number of carbonyl (C=O) groups excluding carboxylic acids is 1. The minimum atomic E-state index is -0.442. The number of nitrogens with zero attached hydrogens (tertiary/aromatic N) is 1. The number of rotatable bonds is 3. The Morgan fingerprint density at radius 1 is 0.960 bits per heavy atom. The Morgan fingerprint density at radius 2 is 1.68 bits per heavy atom. The molecule has 0 radical (unpaired) electrons. The molecule has 0 bridgehead atoms. The molecule has 0 aliphatic carbocycles. The first-order chi connectivity index (χ1) is 12.3. The smallest absolute Gasteiger partial charge is 0.265 e. The number of hydrogen-bond donors (Lipinski definition) is 1. The maximum Gasteiger partial charge on any atom is 0.265 e. The monoisotopic (exact) mass is 336 g/mol. The van der Waals surface area contributed by atoms with Crippen molar-refractivity contribution < 1.29 is 9.53 Å². The third kappa shape index (κ3) is 3.63. The molecule has 4 nitrogen and oxygen atoms in total. The Kier molecular flexibility index (Phi) is 4.59. The van der Waals surface area contributed by atoms with Crippen molar-refractivity contribution in [2.24, 2.45) is 0 Å². The van der Waals surface area contributed by atoms with Gasteiger partial charge in [0.15, 0.2) is 6.10 Å². The second-order valence-corrected chi connectivity index (χ2v) is 6.86. The number of para-hydroxylation sites is 1. The first-order valence-corrected chi connectivity index (χ1v) is 9.20. The van der Waals surface area contributed by atoms with E-state index in [-0.39, 0.29) is 5.91 Å². The third-order valence-electron chi connectivity index (χ3n) is 5.05. The number of nitrogens with one attached hydrogen (secondary N) is 1. The van der Waals surface area contributed by atoms with Crippen molar-refractivity contribution in [2.75, 3.05) is 23.3 Å². The van der Waals surface area contributed by atoms with E-state index in [2.05, 4.69) is 22.3 Å². The summed E-state index contributed by atoms with van der Waals surface area (Å²) in [6, 6.07) is 16.0. The summed E-state index contributed by atoms with van der Waals surface area (Å²) < 4.78 is 5.75. The molecule has 0 saturated carbocycles. The summed E-state index contributed by atoms with van der Waals surface area (Å²) in [4.78, 5) is 14.9. The molecule has 4 rings (SSSR count). The van der Waals surface area contributed by atoms with Gasteiger partial charge in [-0.1, -0.05) is 31.0 Å². The SMILES string of the molecule is O=C(Nc1ccc(N2CCCCCC2)cc1)[C@@H]1Cc2ccccc2O1. The van der Waals surface area contributed by atoms with Crippen molar-refractivity contribution in [3.8, 4) is 5.75 Å². The Bertz CT molecular complexity index is 709. The maximum absolute atomic E-state index is 12.5. The van der Waals surface area contributed by atoms with Crippen molar-refractivity contribution in [2.45, 2.75) is 38.2 Å². The molecule has 1 saturated heterocycles. The average Bonchev–Trinajstić information content (AvgIpc) is 2.89. The van der Waals surface area contributed by atoms with E-state index in [1.807, 2.05) is 36.4 Å². The Morgan fingerprint density at radius 3 is 2.40 bits per heavy atom. The molecule has 1 N–H and O–H groups in total. The highest BCUT2D eigenvalue weighted by Crippen LogP contribution is 2.29. The summed E-state index contributed by atoms with van der Waals surface area (Å²) >= 11 is 0. The molecule has 2 aliphatic heterocycles. The summed E-state index contributed by atoms with van der Waals surface area (Å²) in [7, 11) is 0. The fourth-order valence-corrected chi connectivity index (χ4v) is 3.64. The van der Waals surface area contributed by atoms with Crippen LogP contribution in [0.5, 0.6) is 5.75 Å². The summed E-state index contributed by atoms with van der Waals surface area (Å²) in [6.07, 6.45) is 5.37. The molecule has 2 aromatic carbocycles. The van der Waals surface area contributed by atoms with Gasteiger partial charge in [-0.2, -0.15) is 0 Å². The average molecular weight is 336 g/mol. The lowest BCUT2D eigenvalue weighted by atomic mass is 10.1. The van der Waals surface area contributed by atoms with E-state index in [4.69, 9.17) is 4.74 Å². The number of benzene rings is 2. The van der Waals surface area contributed by atoms with Crippen molar-refractivity contribution in [1.82, 2.24) is 0 Å². The van der Waals surface area contributed by atoms with E-state index in [9.17, 15) is 4.79 Å². The molecule has 1 fully saturated rings. The van der Waals surface area contributed by atoms with E-state index in [0.717, 1.165) is 30.1 Å². The predicted octanol–water partition coefficient (Wildman–Crippen LogP) is 4.01. The number of carbonyl (C=O) groups is 1. The lowest BCUT2D eigenvalue weighted by Crippen LogP contribution is -2.31. The highest BCUT2D eigenvalue weighted by molar-refractivity contribution is 5.95. The van der Waals surface area contributed by atoms with Crippen LogP contribution < -0.4 is 15.0 Å². The number of hydrogen-bond acceptors (Lipinski definition) is 3. The van der Waals surface area contributed by atoms with Gasteiger partial charge in [-0.05, 0) is 48.7 Å². The summed E-state index contributed by atoms with van der Waals surface area (Å²) in [5.74, 6) is 0.734. The quantitative estimate of drug-likeness (QED) is 0.921. The molecule has 0 aromatic heterocycles. The first-order valence-electron chi connectivity index (χ1n) is 9.20. The lowest BCUT2D eigenvalue weighted by Gasteiger charge is -2.23. The minimum absolute atomic E-state index is 0.0845. The molecular formula is C21H24N2O2. The number of anilines is 2. The fraction of sp³-hybridized carbons (Fsp3) is 0.381. The molecule has 25 heavy (non-hydrogen) atoms. The highest BCUT2D eigenvalue weighted by atomic mass is 16.5. The van der Waals surface area contributed by atoms with Crippen LogP contribution in [0, 0.1) is 0 Å². The van der Waals surface area contributed by atoms with Gasteiger partial charge in [0, 0.05) is 30.9 Å². The molecule has 1 atom stereocenters. The lowest BCUT2D eigenvalue weighted by molar-refractivity contribution is -0.122. The molecule has 1 amide bonds. The van der Waals surface area contributed by atoms with E-state index >= 15 is 0 Å². The number of amides is 1. The molecule has 0 spiro atoms. The number of ether oxygens (including phenoxy) is 1. The van der Waals surface area contributed by atoms with Crippen LogP contribution in [0.15, 0.2) is 48.5 Å². The van der Waals surface area contributed by atoms with Gasteiger partial charge in [0.2, 0.25) is 0 Å². The molecular weight excluding hydrogens is 312 g/mol. The van der Waals surface area contributed by atoms with Crippen molar-refractivity contribution >= 4 is 17.3 Å². The zero-order valence-corrected chi connectivity index (χ0v) is 14.4. The Labute approximate surface area is 148 Å². The van der Waals surface area contributed by atoms with Gasteiger partial charge in [-0.25, -0.2) is 0 Å². The second-order valence-electron chi connectivity index (χ2n) is 6.86. The van der Waals surface area contributed by atoms with E-state index in [0.29, 0.717) is 6.42 Å².